The van der Waals surface area contributed by atoms with Gasteiger partial charge in [0.1, 0.15) is 6.54 Å². The van der Waals surface area contributed by atoms with Crippen LogP contribution in [0.5, 0.6) is 0 Å². The summed E-state index contributed by atoms with van der Waals surface area (Å²) < 4.78 is 31.3. The van der Waals surface area contributed by atoms with Gasteiger partial charge in [-0.25, -0.2) is 8.42 Å². The van der Waals surface area contributed by atoms with Gasteiger partial charge >= 0.3 is 5.97 Å². The zero-order valence-electron chi connectivity index (χ0n) is 12.4. The Balaban J connectivity index is 2.57. The molecule has 9 heteroatoms. The molecule has 0 radical (unpaired) electrons. The minimum atomic E-state index is -4.07. The van der Waals surface area contributed by atoms with E-state index in [1.807, 2.05) is 0 Å². The highest BCUT2D eigenvalue weighted by molar-refractivity contribution is 7.92. The first-order valence-electron chi connectivity index (χ1n) is 6.56. The van der Waals surface area contributed by atoms with E-state index in [0.29, 0.717) is 10.0 Å². The molecule has 0 bridgehead atoms. The van der Waals surface area contributed by atoms with Crippen LogP contribution in [-0.2, 0) is 19.6 Å². The van der Waals surface area contributed by atoms with Gasteiger partial charge < -0.3 is 4.74 Å². The van der Waals surface area contributed by atoms with Crippen molar-refractivity contribution < 1.29 is 17.9 Å². The van der Waals surface area contributed by atoms with Crippen LogP contribution in [0.1, 0.15) is 0 Å². The minimum absolute atomic E-state index is 0.0400. The van der Waals surface area contributed by atoms with Crippen molar-refractivity contribution in [3.8, 4) is 0 Å². The number of benzene rings is 2. The van der Waals surface area contributed by atoms with Crippen molar-refractivity contribution in [2.45, 2.75) is 4.90 Å². The van der Waals surface area contributed by atoms with Gasteiger partial charge in [-0.1, -0.05) is 34.8 Å². The molecule has 0 aliphatic carbocycles. The Morgan fingerprint density at radius 3 is 2.17 bits per heavy atom. The smallest absolute Gasteiger partial charge is 0.326 e. The number of esters is 1. The van der Waals surface area contributed by atoms with E-state index in [9.17, 15) is 13.2 Å². The molecule has 0 saturated carbocycles. The van der Waals surface area contributed by atoms with Crippen LogP contribution in [0.15, 0.2) is 47.4 Å². The normalized spacial score (nSPS) is 11.2. The van der Waals surface area contributed by atoms with Crippen LogP contribution in [0, 0.1) is 0 Å². The number of methoxy groups -OCH3 is 1. The van der Waals surface area contributed by atoms with Crippen molar-refractivity contribution in [3.05, 3.63) is 57.5 Å². The Hall–Kier alpha value is -1.47. The first-order chi connectivity index (χ1) is 11.3. The minimum Gasteiger partial charge on any atom is -0.468 e. The Kier molecular flexibility index (Phi) is 5.98. The van der Waals surface area contributed by atoms with Crippen LogP contribution in [0.3, 0.4) is 0 Å². The highest BCUT2D eigenvalue weighted by atomic mass is 35.5. The highest BCUT2D eigenvalue weighted by Gasteiger charge is 2.29. The molecule has 0 fully saturated rings. The van der Waals surface area contributed by atoms with Crippen LogP contribution in [0.4, 0.5) is 5.69 Å². The molecule has 0 atom stereocenters. The Labute approximate surface area is 154 Å². The lowest BCUT2D eigenvalue weighted by Gasteiger charge is -2.24. The van der Waals surface area contributed by atoms with Crippen LogP contribution in [-0.4, -0.2) is 28.0 Å². The van der Waals surface area contributed by atoms with E-state index in [0.717, 1.165) is 4.31 Å². The summed E-state index contributed by atoms with van der Waals surface area (Å²) in [6, 6.07) is 9.84. The molecular weight excluding hydrogens is 397 g/mol. The third kappa shape index (κ3) is 4.13. The molecule has 0 amide bonds. The first-order valence-corrected chi connectivity index (χ1v) is 9.13. The van der Waals surface area contributed by atoms with Gasteiger partial charge in [-0.3, -0.25) is 9.10 Å². The van der Waals surface area contributed by atoms with Gasteiger partial charge in [0, 0.05) is 10.0 Å². The molecule has 0 heterocycles. The number of hydrogen-bond acceptors (Lipinski definition) is 4. The Morgan fingerprint density at radius 2 is 1.62 bits per heavy atom. The maximum Gasteiger partial charge on any atom is 0.326 e. The molecule has 0 aromatic heterocycles. The fourth-order valence-corrected chi connectivity index (χ4v) is 4.01. The molecule has 0 aliphatic heterocycles. The average molecular weight is 409 g/mol. The number of rotatable bonds is 5. The standard InChI is InChI=1S/C15H12Cl3NO4S/c1-23-15(20)9-19(14-7-4-11(17)8-13(14)18)24(21,22)12-5-2-10(16)3-6-12/h2-8H,9H2,1H3. The SMILES string of the molecule is COC(=O)CN(c1ccc(Cl)cc1Cl)S(=O)(=O)c1ccc(Cl)cc1. The van der Waals surface area contributed by atoms with Gasteiger partial charge in [0.2, 0.25) is 0 Å². The molecule has 0 N–H and O–H groups in total. The molecule has 0 unspecified atom stereocenters. The lowest BCUT2D eigenvalue weighted by molar-refractivity contribution is -0.138. The molecule has 0 saturated heterocycles. The highest BCUT2D eigenvalue weighted by Crippen LogP contribution is 2.32. The van der Waals surface area contributed by atoms with Crippen LogP contribution in [0.2, 0.25) is 15.1 Å². The monoisotopic (exact) mass is 407 g/mol. The molecule has 2 rings (SSSR count). The average Bonchev–Trinajstić information content (AvgIpc) is 2.53. The Morgan fingerprint density at radius 1 is 1.04 bits per heavy atom. The summed E-state index contributed by atoms with van der Waals surface area (Å²) in [7, 11) is -2.90. The largest absolute Gasteiger partial charge is 0.468 e. The van der Waals surface area contributed by atoms with Gasteiger partial charge in [-0.2, -0.15) is 0 Å². The number of halogens is 3. The van der Waals surface area contributed by atoms with Gasteiger partial charge in [0.25, 0.3) is 10.0 Å². The van der Waals surface area contributed by atoms with E-state index in [1.165, 1.54) is 49.6 Å². The summed E-state index contributed by atoms with van der Waals surface area (Å²) in [4.78, 5) is 11.6. The predicted octanol–water partition coefficient (Wildman–Crippen LogP) is 4.02. The molecular formula is C15H12Cl3NO4S. The van der Waals surface area contributed by atoms with E-state index in [2.05, 4.69) is 4.74 Å². The third-order valence-electron chi connectivity index (χ3n) is 3.08. The van der Waals surface area contributed by atoms with E-state index < -0.39 is 22.5 Å². The van der Waals surface area contributed by atoms with Crippen molar-refractivity contribution in [1.82, 2.24) is 0 Å². The lowest BCUT2D eigenvalue weighted by Crippen LogP contribution is -2.36. The first kappa shape index (κ1) is 18.9. The van der Waals surface area contributed by atoms with Crippen LogP contribution >= 0.6 is 34.8 Å². The number of anilines is 1. The predicted molar refractivity (Wildman–Crippen MR) is 94.5 cm³/mol. The maximum atomic E-state index is 12.9. The molecule has 2 aromatic carbocycles. The number of carbonyl (C=O) groups is 1. The second-order valence-electron chi connectivity index (χ2n) is 4.64. The molecule has 0 aliphatic rings. The molecule has 5 nitrogen and oxygen atoms in total. The van der Waals surface area contributed by atoms with E-state index in [4.69, 9.17) is 34.8 Å². The summed E-state index contributed by atoms with van der Waals surface area (Å²) in [5.41, 5.74) is 0.112. The van der Waals surface area contributed by atoms with E-state index in [1.54, 1.807) is 0 Å². The van der Waals surface area contributed by atoms with E-state index >= 15 is 0 Å². The quantitative estimate of drug-likeness (QED) is 0.701. The van der Waals surface area contributed by atoms with Gasteiger partial charge in [0.05, 0.1) is 22.7 Å². The summed E-state index contributed by atoms with van der Waals surface area (Å²) in [5.74, 6) is -0.737. The topological polar surface area (TPSA) is 63.7 Å². The molecule has 24 heavy (non-hydrogen) atoms. The molecule has 2 aromatic rings. The summed E-state index contributed by atoms with van der Waals surface area (Å²) in [6.45, 7) is -0.539. The second-order valence-corrected chi connectivity index (χ2v) is 7.78. The van der Waals surface area contributed by atoms with Crippen LogP contribution < -0.4 is 4.31 Å². The third-order valence-corrected chi connectivity index (χ3v) is 5.64. The number of carbonyl (C=O) groups excluding carboxylic acids is 1. The van der Waals surface area contributed by atoms with Crippen molar-refractivity contribution >= 4 is 56.5 Å². The summed E-state index contributed by atoms with van der Waals surface area (Å²) in [6.07, 6.45) is 0. The van der Waals surface area contributed by atoms with Gasteiger partial charge in [-0.05, 0) is 42.5 Å². The maximum absolute atomic E-state index is 12.9. The van der Waals surface area contributed by atoms with Crippen molar-refractivity contribution in [3.63, 3.8) is 0 Å². The number of nitrogens with zero attached hydrogens (tertiary/aromatic N) is 1. The fraction of sp³-hybridized carbons (Fsp3) is 0.133. The summed E-state index contributed by atoms with van der Waals surface area (Å²) >= 11 is 17.7. The molecule has 0 spiro atoms. The zero-order valence-corrected chi connectivity index (χ0v) is 15.5. The number of sulfonamides is 1. The number of hydrogen-bond donors (Lipinski definition) is 0. The van der Waals surface area contributed by atoms with Crippen LogP contribution in [0.25, 0.3) is 0 Å². The van der Waals surface area contributed by atoms with Gasteiger partial charge in [-0.15, -0.1) is 0 Å². The second kappa shape index (κ2) is 7.61. The van der Waals surface area contributed by atoms with Crippen molar-refractivity contribution in [1.29, 1.82) is 0 Å². The summed E-state index contributed by atoms with van der Waals surface area (Å²) in [5, 5.41) is 0.813. The fourth-order valence-electron chi connectivity index (χ4n) is 1.90. The van der Waals surface area contributed by atoms with Crippen molar-refractivity contribution in [2.75, 3.05) is 18.0 Å². The van der Waals surface area contributed by atoms with Crippen molar-refractivity contribution in [2.24, 2.45) is 0 Å². The number of ether oxygens (including phenoxy) is 1. The van der Waals surface area contributed by atoms with Gasteiger partial charge in [0.15, 0.2) is 0 Å². The van der Waals surface area contributed by atoms with E-state index in [-0.39, 0.29) is 15.6 Å². The zero-order chi connectivity index (χ0) is 17.9. The molecule has 128 valence electrons. The Bertz CT molecular complexity index is 854. The lowest BCUT2D eigenvalue weighted by atomic mass is 10.3.